The Labute approximate surface area is 182 Å². The van der Waals surface area contributed by atoms with Gasteiger partial charge in [0.15, 0.2) is 0 Å². The van der Waals surface area contributed by atoms with Gasteiger partial charge >= 0.3 is 0 Å². The molecule has 0 bridgehead atoms. The molecule has 7 heteroatoms. The number of hydrogen-bond donors (Lipinski definition) is 0. The molecule has 31 heavy (non-hydrogen) atoms. The summed E-state index contributed by atoms with van der Waals surface area (Å²) in [5, 5.41) is 10.1. The first-order chi connectivity index (χ1) is 14.9. The molecule has 2 aliphatic heterocycles. The van der Waals surface area contributed by atoms with Crippen molar-refractivity contribution >= 4 is 11.7 Å². The highest BCUT2D eigenvalue weighted by molar-refractivity contribution is 5.94. The van der Waals surface area contributed by atoms with E-state index in [0.717, 1.165) is 41.9 Å². The molecule has 1 amide bonds. The van der Waals surface area contributed by atoms with Gasteiger partial charge in [0.2, 0.25) is 0 Å². The van der Waals surface area contributed by atoms with Crippen LogP contribution in [0.1, 0.15) is 72.3 Å². The molecular formula is C24H28N4O3. The van der Waals surface area contributed by atoms with Gasteiger partial charge in [-0.05, 0) is 45.2 Å². The molecular weight excluding hydrogens is 392 g/mol. The summed E-state index contributed by atoms with van der Waals surface area (Å²) < 4.78 is 11.2. The zero-order chi connectivity index (χ0) is 21.8. The van der Waals surface area contributed by atoms with Crippen LogP contribution in [-0.2, 0) is 17.8 Å². The van der Waals surface area contributed by atoms with Crippen LogP contribution in [0.15, 0.2) is 23.0 Å². The van der Waals surface area contributed by atoms with Gasteiger partial charge in [-0.3, -0.25) is 4.79 Å². The van der Waals surface area contributed by atoms with Crippen molar-refractivity contribution in [2.75, 3.05) is 24.5 Å². The van der Waals surface area contributed by atoms with Crippen LogP contribution >= 0.6 is 0 Å². The van der Waals surface area contributed by atoms with Crippen LogP contribution in [0, 0.1) is 11.3 Å². The first kappa shape index (κ1) is 20.1. The molecule has 1 atom stereocenters. The van der Waals surface area contributed by atoms with E-state index in [1.807, 2.05) is 11.8 Å². The highest BCUT2D eigenvalue weighted by atomic mass is 16.5. The summed E-state index contributed by atoms with van der Waals surface area (Å²) in [6.07, 6.45) is 6.03. The van der Waals surface area contributed by atoms with E-state index in [-0.39, 0.29) is 17.6 Å². The number of carbonyl (C=O) groups excluding carboxylic acids is 1. The molecule has 1 saturated heterocycles. The largest absolute Gasteiger partial charge is 0.472 e. The fourth-order valence-corrected chi connectivity index (χ4v) is 4.82. The van der Waals surface area contributed by atoms with Crippen molar-refractivity contribution in [2.45, 2.75) is 64.2 Å². The Balaban J connectivity index is 1.47. The smallest absolute Gasteiger partial charge is 0.257 e. The Morgan fingerprint density at radius 3 is 2.74 bits per heavy atom. The van der Waals surface area contributed by atoms with Crippen LogP contribution in [-0.4, -0.2) is 47.1 Å². The van der Waals surface area contributed by atoms with E-state index in [1.54, 1.807) is 6.07 Å². The summed E-state index contributed by atoms with van der Waals surface area (Å²) in [6, 6.07) is 4.17. The number of hydrogen-bond acceptors (Lipinski definition) is 6. The summed E-state index contributed by atoms with van der Waals surface area (Å²) in [6.45, 7) is 8.62. The molecule has 162 valence electrons. The number of nitriles is 1. The van der Waals surface area contributed by atoms with Crippen molar-refractivity contribution in [1.82, 2.24) is 9.88 Å². The van der Waals surface area contributed by atoms with Crippen LogP contribution < -0.4 is 4.90 Å². The number of anilines is 1. The summed E-state index contributed by atoms with van der Waals surface area (Å²) >= 11 is 0. The highest BCUT2D eigenvalue weighted by Crippen LogP contribution is 2.45. The maximum Gasteiger partial charge on any atom is 0.257 e. The van der Waals surface area contributed by atoms with E-state index in [1.165, 1.54) is 12.5 Å². The Morgan fingerprint density at radius 2 is 2.10 bits per heavy atom. The molecule has 3 aliphatic rings. The molecule has 7 nitrogen and oxygen atoms in total. The maximum atomic E-state index is 12.8. The van der Waals surface area contributed by atoms with Gasteiger partial charge in [0.05, 0.1) is 35.3 Å². The van der Waals surface area contributed by atoms with Crippen molar-refractivity contribution in [3.8, 4) is 6.07 Å². The van der Waals surface area contributed by atoms with Gasteiger partial charge in [0, 0.05) is 43.6 Å². The van der Waals surface area contributed by atoms with Crippen LogP contribution in [0.3, 0.4) is 0 Å². The number of furan rings is 1. The zero-order valence-corrected chi connectivity index (χ0v) is 18.4. The Hall–Kier alpha value is -2.85. The maximum absolute atomic E-state index is 12.8. The number of fused-ring (bicyclic) bond motifs is 1. The molecule has 1 aliphatic carbocycles. The quantitative estimate of drug-likeness (QED) is 0.754. The third-order valence-electron chi connectivity index (χ3n) is 6.67. The normalized spacial score (nSPS) is 22.7. The fourth-order valence-electron chi connectivity index (χ4n) is 4.82. The van der Waals surface area contributed by atoms with Crippen molar-refractivity contribution in [1.29, 1.82) is 5.26 Å². The SMILES string of the molecule is CC1CN(c2nc(C3CC3)c3c(c2C#N)CC(C)(C)OC3)CCN1C(=O)c1ccoc1. The number of carbonyl (C=O) groups is 1. The number of rotatable bonds is 3. The molecule has 5 rings (SSSR count). The lowest BCUT2D eigenvalue weighted by molar-refractivity contribution is -0.0407. The van der Waals surface area contributed by atoms with Gasteiger partial charge in [-0.2, -0.15) is 5.26 Å². The number of nitrogens with zero attached hydrogens (tertiary/aromatic N) is 4. The molecule has 2 aromatic rings. The molecule has 2 aromatic heterocycles. The van der Waals surface area contributed by atoms with Gasteiger partial charge in [0.25, 0.3) is 5.91 Å². The minimum absolute atomic E-state index is 0.00433. The molecule has 2 fully saturated rings. The van der Waals surface area contributed by atoms with Gasteiger partial charge in [0.1, 0.15) is 18.2 Å². The summed E-state index contributed by atoms with van der Waals surface area (Å²) in [7, 11) is 0. The second-order valence-corrected chi connectivity index (χ2v) is 9.57. The second kappa shape index (κ2) is 7.38. The average Bonchev–Trinajstić information content (AvgIpc) is 3.44. The predicted molar refractivity (Wildman–Crippen MR) is 115 cm³/mol. The molecule has 0 aromatic carbocycles. The van der Waals surface area contributed by atoms with Gasteiger partial charge < -0.3 is 19.0 Å². The monoisotopic (exact) mass is 420 g/mol. The predicted octanol–water partition coefficient (Wildman–Crippen LogP) is 3.63. The number of amides is 1. The van der Waals surface area contributed by atoms with Crippen molar-refractivity contribution in [3.63, 3.8) is 0 Å². The van der Waals surface area contributed by atoms with E-state index >= 15 is 0 Å². The van der Waals surface area contributed by atoms with Crippen LogP contribution in [0.4, 0.5) is 5.82 Å². The van der Waals surface area contributed by atoms with Gasteiger partial charge in [-0.15, -0.1) is 0 Å². The average molecular weight is 421 g/mol. The molecule has 0 spiro atoms. The molecule has 0 N–H and O–H groups in total. The lowest BCUT2D eigenvalue weighted by Gasteiger charge is -2.41. The lowest BCUT2D eigenvalue weighted by Crippen LogP contribution is -2.54. The van der Waals surface area contributed by atoms with E-state index in [0.29, 0.717) is 43.3 Å². The summed E-state index contributed by atoms with van der Waals surface area (Å²) in [5.74, 6) is 1.24. The number of aromatic nitrogens is 1. The number of piperazine rings is 1. The third kappa shape index (κ3) is 3.59. The Bertz CT molecular complexity index is 1050. The van der Waals surface area contributed by atoms with Gasteiger partial charge in [-0.1, -0.05) is 0 Å². The molecule has 1 unspecified atom stereocenters. The topological polar surface area (TPSA) is 82.6 Å². The fraction of sp³-hybridized carbons (Fsp3) is 0.542. The standard InChI is InChI=1S/C24H28N4O3/c1-15-12-27(7-8-28(15)23(29)17-6-9-30-13-17)22-19(11-25)18-10-24(2,3)31-14-20(18)21(26-22)16-4-5-16/h6,9,13,15-16H,4-5,7-8,10,12,14H2,1-3H3. The van der Waals surface area contributed by atoms with E-state index < -0.39 is 0 Å². The molecule has 4 heterocycles. The van der Waals surface area contributed by atoms with Crippen LogP contribution in [0.2, 0.25) is 0 Å². The van der Waals surface area contributed by atoms with Crippen LogP contribution in [0.5, 0.6) is 0 Å². The Kier molecular flexibility index (Phi) is 4.78. The van der Waals surface area contributed by atoms with E-state index in [4.69, 9.17) is 14.1 Å². The summed E-state index contributed by atoms with van der Waals surface area (Å²) in [5.41, 5.74) is 4.31. The van der Waals surface area contributed by atoms with Crippen molar-refractivity contribution in [2.24, 2.45) is 0 Å². The minimum Gasteiger partial charge on any atom is -0.472 e. The molecule has 1 saturated carbocycles. The highest BCUT2D eigenvalue weighted by Gasteiger charge is 2.38. The summed E-state index contributed by atoms with van der Waals surface area (Å²) in [4.78, 5) is 21.9. The van der Waals surface area contributed by atoms with Crippen molar-refractivity contribution in [3.05, 3.63) is 46.5 Å². The van der Waals surface area contributed by atoms with E-state index in [9.17, 15) is 10.1 Å². The van der Waals surface area contributed by atoms with Crippen LogP contribution in [0.25, 0.3) is 0 Å². The van der Waals surface area contributed by atoms with Crippen molar-refractivity contribution < 1.29 is 13.9 Å². The van der Waals surface area contributed by atoms with E-state index in [2.05, 4.69) is 24.8 Å². The molecule has 0 radical (unpaired) electrons. The first-order valence-electron chi connectivity index (χ1n) is 11.1. The zero-order valence-electron chi connectivity index (χ0n) is 18.4. The lowest BCUT2D eigenvalue weighted by atomic mass is 9.87. The van der Waals surface area contributed by atoms with Gasteiger partial charge in [-0.25, -0.2) is 4.98 Å². The Morgan fingerprint density at radius 1 is 1.29 bits per heavy atom. The minimum atomic E-state index is -0.291. The first-order valence-corrected chi connectivity index (χ1v) is 11.1. The third-order valence-corrected chi connectivity index (χ3v) is 6.67. The number of pyridine rings is 1. The number of ether oxygens (including phenoxy) is 1. The second-order valence-electron chi connectivity index (χ2n) is 9.57.